The van der Waals surface area contributed by atoms with Crippen LogP contribution in [0, 0.1) is 0 Å². The maximum Gasteiger partial charge on any atom is 0.234 e. The second-order valence-electron chi connectivity index (χ2n) is 4.72. The number of nitrogens with two attached hydrogens (primary N) is 1. The molecule has 3 N–H and O–H groups in total. The second-order valence-corrected chi connectivity index (χ2v) is 5.66. The van der Waals surface area contributed by atoms with E-state index in [2.05, 4.69) is 15.5 Å². The van der Waals surface area contributed by atoms with E-state index in [0.29, 0.717) is 22.4 Å². The zero-order chi connectivity index (χ0) is 16.9. The molecule has 0 aliphatic carbocycles. The molecule has 1 aromatic carbocycles. The number of methoxy groups -OCH3 is 1. The third kappa shape index (κ3) is 3.51. The molecule has 0 bridgehead atoms. The van der Waals surface area contributed by atoms with Gasteiger partial charge in [0.1, 0.15) is 5.75 Å². The molecule has 0 radical (unpaired) electrons. The summed E-state index contributed by atoms with van der Waals surface area (Å²) >= 11 is 1.19. The summed E-state index contributed by atoms with van der Waals surface area (Å²) < 4.78 is 11.6. The van der Waals surface area contributed by atoms with Gasteiger partial charge < -0.3 is 20.3 Å². The van der Waals surface area contributed by atoms with Crippen molar-refractivity contribution >= 4 is 23.4 Å². The molecule has 2 heterocycles. The first kappa shape index (κ1) is 15.9. The monoisotopic (exact) mass is 345 g/mol. The first-order chi connectivity index (χ1) is 11.7. The predicted molar refractivity (Wildman–Crippen MR) is 90.2 cm³/mol. The van der Waals surface area contributed by atoms with Crippen molar-refractivity contribution in [1.82, 2.24) is 14.9 Å². The van der Waals surface area contributed by atoms with Crippen molar-refractivity contribution < 1.29 is 13.9 Å². The van der Waals surface area contributed by atoms with Crippen LogP contribution in [0.3, 0.4) is 0 Å². The number of furan rings is 1. The highest BCUT2D eigenvalue weighted by Gasteiger charge is 2.15. The van der Waals surface area contributed by atoms with Gasteiger partial charge in [0.05, 0.1) is 19.1 Å². The lowest BCUT2D eigenvalue weighted by molar-refractivity contribution is -0.113. The molecule has 0 spiro atoms. The molecule has 24 heavy (non-hydrogen) atoms. The van der Waals surface area contributed by atoms with Crippen LogP contribution in [0.25, 0.3) is 11.6 Å². The minimum atomic E-state index is -0.173. The summed E-state index contributed by atoms with van der Waals surface area (Å²) in [7, 11) is 1.59. The fourth-order valence-corrected chi connectivity index (χ4v) is 2.61. The Labute approximate surface area is 142 Å². The summed E-state index contributed by atoms with van der Waals surface area (Å²) in [6.45, 7) is 0. The fourth-order valence-electron chi connectivity index (χ4n) is 1.95. The number of nitrogen functional groups attached to an aromatic ring is 1. The van der Waals surface area contributed by atoms with Gasteiger partial charge in [-0.3, -0.25) is 4.79 Å². The lowest BCUT2D eigenvalue weighted by atomic mass is 10.3. The highest BCUT2D eigenvalue weighted by atomic mass is 32.2. The SMILES string of the molecule is COc1ccc(NC(=O)CSc2nnc(-c3ccco3)n2N)cc1. The number of anilines is 1. The van der Waals surface area contributed by atoms with Crippen LogP contribution in [0.5, 0.6) is 5.75 Å². The number of aromatic nitrogens is 3. The Balaban J connectivity index is 1.58. The van der Waals surface area contributed by atoms with Crippen LogP contribution in [0.15, 0.2) is 52.2 Å². The van der Waals surface area contributed by atoms with E-state index in [0.717, 1.165) is 5.75 Å². The number of hydrogen-bond donors (Lipinski definition) is 2. The van der Waals surface area contributed by atoms with Crippen LogP contribution >= 0.6 is 11.8 Å². The van der Waals surface area contributed by atoms with E-state index in [9.17, 15) is 4.79 Å². The Morgan fingerprint density at radius 1 is 1.33 bits per heavy atom. The number of nitrogens with zero attached hydrogens (tertiary/aromatic N) is 3. The molecule has 0 saturated heterocycles. The average Bonchev–Trinajstić information content (AvgIpc) is 3.23. The Morgan fingerprint density at radius 3 is 2.79 bits per heavy atom. The topological polar surface area (TPSA) is 108 Å². The molecular formula is C15H15N5O3S. The van der Waals surface area contributed by atoms with Gasteiger partial charge >= 0.3 is 0 Å². The molecule has 0 aliphatic heterocycles. The number of benzene rings is 1. The number of carbonyl (C=O) groups is 1. The fraction of sp³-hybridized carbons (Fsp3) is 0.133. The van der Waals surface area contributed by atoms with Crippen LogP contribution in [-0.4, -0.2) is 33.6 Å². The molecule has 0 atom stereocenters. The van der Waals surface area contributed by atoms with Gasteiger partial charge in [-0.1, -0.05) is 11.8 Å². The molecule has 0 aliphatic rings. The molecular weight excluding hydrogens is 330 g/mol. The van der Waals surface area contributed by atoms with Gasteiger partial charge in [0, 0.05) is 5.69 Å². The summed E-state index contributed by atoms with van der Waals surface area (Å²) in [5.74, 6) is 7.55. The second kappa shape index (κ2) is 7.09. The van der Waals surface area contributed by atoms with Gasteiger partial charge in [-0.25, -0.2) is 4.68 Å². The van der Waals surface area contributed by atoms with Crippen LogP contribution in [0.1, 0.15) is 0 Å². The quantitative estimate of drug-likeness (QED) is 0.519. The van der Waals surface area contributed by atoms with Gasteiger partial charge in [0.25, 0.3) is 0 Å². The average molecular weight is 345 g/mol. The lowest BCUT2D eigenvalue weighted by Gasteiger charge is -2.06. The summed E-state index contributed by atoms with van der Waals surface area (Å²) in [4.78, 5) is 12.0. The number of thioether (sulfide) groups is 1. The lowest BCUT2D eigenvalue weighted by Crippen LogP contribution is -2.16. The first-order valence-electron chi connectivity index (χ1n) is 6.98. The maximum absolute atomic E-state index is 12.0. The maximum atomic E-state index is 12.0. The number of ether oxygens (including phenoxy) is 1. The molecule has 0 unspecified atom stereocenters. The van der Waals surface area contributed by atoms with Crippen LogP contribution in [0.2, 0.25) is 0 Å². The number of hydrogen-bond acceptors (Lipinski definition) is 7. The Kier molecular flexibility index (Phi) is 4.71. The standard InChI is InChI=1S/C15H15N5O3S/c1-22-11-6-4-10(5-7-11)17-13(21)9-24-15-19-18-14(20(15)16)12-3-2-8-23-12/h2-8H,9,16H2,1H3,(H,17,21). The smallest absolute Gasteiger partial charge is 0.234 e. The van der Waals surface area contributed by atoms with E-state index in [1.54, 1.807) is 43.5 Å². The predicted octanol–water partition coefficient (Wildman–Crippen LogP) is 1.99. The summed E-state index contributed by atoms with van der Waals surface area (Å²) in [6, 6.07) is 10.5. The van der Waals surface area contributed by atoms with E-state index in [-0.39, 0.29) is 11.7 Å². The summed E-state index contributed by atoms with van der Waals surface area (Å²) in [5.41, 5.74) is 0.687. The molecule has 9 heteroatoms. The molecule has 0 fully saturated rings. The summed E-state index contributed by atoms with van der Waals surface area (Å²) in [6.07, 6.45) is 1.53. The molecule has 3 aromatic rings. The van der Waals surface area contributed by atoms with Gasteiger partial charge in [-0.05, 0) is 36.4 Å². The van der Waals surface area contributed by atoms with Gasteiger partial charge in [-0.15, -0.1) is 10.2 Å². The van der Waals surface area contributed by atoms with E-state index >= 15 is 0 Å². The van der Waals surface area contributed by atoms with E-state index in [1.807, 2.05) is 0 Å². The molecule has 0 saturated carbocycles. The van der Waals surface area contributed by atoms with Crippen molar-refractivity contribution in [2.75, 3.05) is 24.0 Å². The minimum Gasteiger partial charge on any atom is -0.497 e. The number of amides is 1. The van der Waals surface area contributed by atoms with Crippen molar-refractivity contribution in [3.63, 3.8) is 0 Å². The van der Waals surface area contributed by atoms with Crippen LogP contribution in [0.4, 0.5) is 5.69 Å². The van der Waals surface area contributed by atoms with E-state index < -0.39 is 0 Å². The van der Waals surface area contributed by atoms with Crippen molar-refractivity contribution in [3.8, 4) is 17.3 Å². The van der Waals surface area contributed by atoms with E-state index in [1.165, 1.54) is 22.7 Å². The Morgan fingerprint density at radius 2 is 2.12 bits per heavy atom. The summed E-state index contributed by atoms with van der Waals surface area (Å²) in [5, 5.41) is 11.1. The van der Waals surface area contributed by atoms with Crippen molar-refractivity contribution in [2.45, 2.75) is 5.16 Å². The molecule has 2 aromatic heterocycles. The molecule has 1 amide bonds. The van der Waals surface area contributed by atoms with Crippen molar-refractivity contribution in [3.05, 3.63) is 42.7 Å². The zero-order valence-corrected chi connectivity index (χ0v) is 13.6. The van der Waals surface area contributed by atoms with Gasteiger partial charge in [-0.2, -0.15) is 0 Å². The Hall–Kier alpha value is -2.94. The van der Waals surface area contributed by atoms with Crippen molar-refractivity contribution in [2.24, 2.45) is 0 Å². The largest absolute Gasteiger partial charge is 0.497 e. The highest BCUT2D eigenvalue weighted by molar-refractivity contribution is 7.99. The Bertz CT molecular complexity index is 814. The minimum absolute atomic E-state index is 0.152. The third-order valence-electron chi connectivity index (χ3n) is 3.11. The first-order valence-corrected chi connectivity index (χ1v) is 7.97. The zero-order valence-electron chi connectivity index (χ0n) is 12.8. The van der Waals surface area contributed by atoms with Gasteiger partial charge in [0.15, 0.2) is 5.76 Å². The van der Waals surface area contributed by atoms with Crippen LogP contribution in [-0.2, 0) is 4.79 Å². The van der Waals surface area contributed by atoms with E-state index in [4.69, 9.17) is 15.0 Å². The van der Waals surface area contributed by atoms with Gasteiger partial charge in [0.2, 0.25) is 16.9 Å². The molecule has 8 nitrogen and oxygen atoms in total. The van der Waals surface area contributed by atoms with Crippen molar-refractivity contribution in [1.29, 1.82) is 0 Å². The highest BCUT2D eigenvalue weighted by Crippen LogP contribution is 2.22. The number of rotatable bonds is 6. The van der Waals surface area contributed by atoms with Crippen LogP contribution < -0.4 is 15.9 Å². The molecule has 3 rings (SSSR count). The third-order valence-corrected chi connectivity index (χ3v) is 4.06. The number of nitrogens with one attached hydrogen (secondary N) is 1. The normalized spacial score (nSPS) is 10.5. The number of carbonyl (C=O) groups excluding carboxylic acids is 1. The molecule has 124 valence electrons.